The standard InChI is InChI=1S/C9H15NO/c11-8-3-1-4-9(8)5-2-6-10-7-9/h10H,1-7H2/t9-/m1/s1. The second-order valence-corrected chi connectivity index (χ2v) is 3.84. The van der Waals surface area contributed by atoms with Crippen LogP contribution in [0, 0.1) is 5.41 Å². The summed E-state index contributed by atoms with van der Waals surface area (Å²) in [5.74, 6) is 0.518. The number of ketones is 1. The Labute approximate surface area is 67.4 Å². The lowest BCUT2D eigenvalue weighted by Gasteiger charge is -2.31. The lowest BCUT2D eigenvalue weighted by molar-refractivity contribution is -0.126. The van der Waals surface area contributed by atoms with E-state index in [9.17, 15) is 4.79 Å². The third kappa shape index (κ3) is 1.09. The van der Waals surface area contributed by atoms with E-state index in [1.807, 2.05) is 0 Å². The van der Waals surface area contributed by atoms with Crippen LogP contribution >= 0.6 is 0 Å². The van der Waals surface area contributed by atoms with Gasteiger partial charge in [-0.3, -0.25) is 4.79 Å². The molecule has 1 saturated heterocycles. The van der Waals surface area contributed by atoms with Crippen molar-refractivity contribution in [3.8, 4) is 0 Å². The Kier molecular flexibility index (Phi) is 1.72. The van der Waals surface area contributed by atoms with Crippen LogP contribution in [-0.2, 0) is 4.79 Å². The zero-order valence-electron chi connectivity index (χ0n) is 6.86. The lowest BCUT2D eigenvalue weighted by atomic mass is 9.78. The molecule has 1 saturated carbocycles. The molecular weight excluding hydrogens is 138 g/mol. The van der Waals surface area contributed by atoms with Gasteiger partial charge in [0.1, 0.15) is 5.78 Å². The number of carbonyl (C=O) groups excluding carboxylic acids is 1. The first kappa shape index (κ1) is 7.29. The summed E-state index contributed by atoms with van der Waals surface area (Å²) in [6, 6.07) is 0. The molecular formula is C9H15NO. The predicted molar refractivity (Wildman–Crippen MR) is 43.4 cm³/mol. The molecule has 1 heterocycles. The predicted octanol–water partition coefficient (Wildman–Crippen LogP) is 1.11. The van der Waals surface area contributed by atoms with E-state index in [4.69, 9.17) is 0 Å². The van der Waals surface area contributed by atoms with Crippen LogP contribution in [-0.4, -0.2) is 18.9 Å². The molecule has 0 unspecified atom stereocenters. The molecule has 11 heavy (non-hydrogen) atoms. The molecule has 0 aromatic carbocycles. The maximum atomic E-state index is 11.5. The molecule has 2 nitrogen and oxygen atoms in total. The van der Waals surface area contributed by atoms with Crippen LogP contribution in [0.3, 0.4) is 0 Å². The smallest absolute Gasteiger partial charge is 0.140 e. The number of hydrogen-bond donors (Lipinski definition) is 1. The average molecular weight is 153 g/mol. The van der Waals surface area contributed by atoms with Crippen LogP contribution in [0.2, 0.25) is 0 Å². The highest BCUT2D eigenvalue weighted by Gasteiger charge is 2.42. The highest BCUT2D eigenvalue weighted by atomic mass is 16.1. The fourth-order valence-corrected chi connectivity index (χ4v) is 2.41. The zero-order valence-corrected chi connectivity index (χ0v) is 6.86. The summed E-state index contributed by atoms with van der Waals surface area (Å²) >= 11 is 0. The largest absolute Gasteiger partial charge is 0.316 e. The van der Waals surface area contributed by atoms with Crippen LogP contribution in [0.15, 0.2) is 0 Å². The summed E-state index contributed by atoms with van der Waals surface area (Å²) in [6.07, 6.45) is 5.42. The molecule has 0 bridgehead atoms. The van der Waals surface area contributed by atoms with Gasteiger partial charge in [-0.25, -0.2) is 0 Å². The van der Waals surface area contributed by atoms with Gasteiger partial charge in [-0.05, 0) is 32.2 Å². The Bertz CT molecular complexity index is 170. The maximum absolute atomic E-state index is 11.5. The second-order valence-electron chi connectivity index (χ2n) is 3.84. The molecule has 2 fully saturated rings. The molecule has 0 aromatic heterocycles. The van der Waals surface area contributed by atoms with Crippen molar-refractivity contribution in [2.75, 3.05) is 13.1 Å². The van der Waals surface area contributed by atoms with Gasteiger partial charge < -0.3 is 5.32 Å². The molecule has 1 spiro atoms. The van der Waals surface area contributed by atoms with Crippen molar-refractivity contribution < 1.29 is 4.79 Å². The average Bonchev–Trinajstić information content (AvgIpc) is 2.36. The molecule has 0 aromatic rings. The minimum absolute atomic E-state index is 0.0816. The molecule has 0 amide bonds. The Balaban J connectivity index is 2.12. The van der Waals surface area contributed by atoms with Crippen molar-refractivity contribution >= 4 is 5.78 Å². The molecule has 2 rings (SSSR count). The highest BCUT2D eigenvalue weighted by Crippen LogP contribution is 2.39. The summed E-state index contributed by atoms with van der Waals surface area (Å²) in [4.78, 5) is 11.5. The third-order valence-corrected chi connectivity index (χ3v) is 3.12. The number of piperidine rings is 1. The monoisotopic (exact) mass is 153 g/mol. The van der Waals surface area contributed by atoms with E-state index in [1.54, 1.807) is 0 Å². The quantitative estimate of drug-likeness (QED) is 0.565. The van der Waals surface area contributed by atoms with Gasteiger partial charge in [0.25, 0.3) is 0 Å². The molecule has 1 aliphatic heterocycles. The number of Topliss-reactive ketones (excluding diaryl/α,β-unsaturated/α-hetero) is 1. The van der Waals surface area contributed by atoms with Gasteiger partial charge >= 0.3 is 0 Å². The van der Waals surface area contributed by atoms with E-state index in [2.05, 4.69) is 5.32 Å². The van der Waals surface area contributed by atoms with Crippen LogP contribution in [0.5, 0.6) is 0 Å². The van der Waals surface area contributed by atoms with Gasteiger partial charge in [-0.15, -0.1) is 0 Å². The first-order valence-corrected chi connectivity index (χ1v) is 4.58. The third-order valence-electron chi connectivity index (χ3n) is 3.12. The van der Waals surface area contributed by atoms with Crippen LogP contribution in [0.25, 0.3) is 0 Å². The summed E-state index contributed by atoms with van der Waals surface area (Å²) in [6.45, 7) is 2.06. The minimum atomic E-state index is 0.0816. The molecule has 1 N–H and O–H groups in total. The molecule has 2 heteroatoms. The van der Waals surface area contributed by atoms with Gasteiger partial charge in [-0.2, -0.15) is 0 Å². The number of hydrogen-bond acceptors (Lipinski definition) is 2. The first-order chi connectivity index (χ1) is 5.33. The van der Waals surface area contributed by atoms with Crippen molar-refractivity contribution in [3.63, 3.8) is 0 Å². The van der Waals surface area contributed by atoms with E-state index in [1.165, 1.54) is 6.42 Å². The van der Waals surface area contributed by atoms with E-state index in [0.717, 1.165) is 38.8 Å². The summed E-state index contributed by atoms with van der Waals surface area (Å²) in [5.41, 5.74) is 0.0816. The van der Waals surface area contributed by atoms with E-state index >= 15 is 0 Å². The fraction of sp³-hybridized carbons (Fsp3) is 0.889. The maximum Gasteiger partial charge on any atom is 0.140 e. The van der Waals surface area contributed by atoms with Crippen molar-refractivity contribution in [1.82, 2.24) is 5.32 Å². The molecule has 0 radical (unpaired) electrons. The van der Waals surface area contributed by atoms with Gasteiger partial charge in [0.2, 0.25) is 0 Å². The Hall–Kier alpha value is -0.370. The Morgan fingerprint density at radius 1 is 1.27 bits per heavy atom. The molecule has 1 atom stereocenters. The number of carbonyl (C=O) groups is 1. The van der Waals surface area contributed by atoms with Crippen molar-refractivity contribution in [2.24, 2.45) is 5.41 Å². The topological polar surface area (TPSA) is 29.1 Å². The van der Waals surface area contributed by atoms with Crippen molar-refractivity contribution in [1.29, 1.82) is 0 Å². The highest BCUT2D eigenvalue weighted by molar-refractivity contribution is 5.87. The fourth-order valence-electron chi connectivity index (χ4n) is 2.41. The molecule has 1 aliphatic carbocycles. The van der Waals surface area contributed by atoms with Gasteiger partial charge in [0.15, 0.2) is 0 Å². The van der Waals surface area contributed by atoms with Crippen LogP contribution in [0.1, 0.15) is 32.1 Å². The molecule has 62 valence electrons. The Morgan fingerprint density at radius 3 is 2.64 bits per heavy atom. The van der Waals surface area contributed by atoms with E-state index < -0.39 is 0 Å². The molecule has 2 aliphatic rings. The summed E-state index contributed by atoms with van der Waals surface area (Å²) in [7, 11) is 0. The lowest BCUT2D eigenvalue weighted by Crippen LogP contribution is -2.42. The normalized spacial score (nSPS) is 38.4. The number of rotatable bonds is 0. The van der Waals surface area contributed by atoms with E-state index in [0.29, 0.717) is 5.78 Å². The SMILES string of the molecule is O=C1CCC[C@]12CCCNC2. The van der Waals surface area contributed by atoms with E-state index in [-0.39, 0.29) is 5.41 Å². The Morgan fingerprint density at radius 2 is 2.09 bits per heavy atom. The van der Waals surface area contributed by atoms with Gasteiger partial charge in [-0.1, -0.05) is 0 Å². The first-order valence-electron chi connectivity index (χ1n) is 4.58. The van der Waals surface area contributed by atoms with Crippen LogP contribution < -0.4 is 5.32 Å². The number of nitrogens with one attached hydrogen (secondary N) is 1. The summed E-state index contributed by atoms with van der Waals surface area (Å²) < 4.78 is 0. The van der Waals surface area contributed by atoms with Crippen molar-refractivity contribution in [2.45, 2.75) is 32.1 Å². The van der Waals surface area contributed by atoms with Gasteiger partial charge in [0, 0.05) is 18.4 Å². The van der Waals surface area contributed by atoms with Gasteiger partial charge in [0.05, 0.1) is 0 Å². The van der Waals surface area contributed by atoms with Crippen molar-refractivity contribution in [3.05, 3.63) is 0 Å². The van der Waals surface area contributed by atoms with Crippen LogP contribution in [0.4, 0.5) is 0 Å². The zero-order chi connectivity index (χ0) is 7.73. The summed E-state index contributed by atoms with van der Waals surface area (Å²) in [5, 5.41) is 3.33. The second kappa shape index (κ2) is 2.59. The minimum Gasteiger partial charge on any atom is -0.316 e.